The van der Waals surface area contributed by atoms with E-state index in [0.717, 1.165) is 44.3 Å². The first kappa shape index (κ1) is 18.5. The standard InChI is InChI=1S/C20H32N2O3/c1-5-25-13-16-6-7-21(2)20(11-16)14-22(15-20)12-17-8-18(23-3)10-19(9-17)24-4/h8-10,16H,5-7,11-15H2,1-4H3/t16-/m1/s1. The van der Waals surface area contributed by atoms with E-state index in [9.17, 15) is 0 Å². The summed E-state index contributed by atoms with van der Waals surface area (Å²) in [6.45, 7) is 8.20. The topological polar surface area (TPSA) is 34.2 Å². The number of nitrogens with zero attached hydrogens (tertiary/aromatic N) is 2. The Bertz CT molecular complexity index is 548. The van der Waals surface area contributed by atoms with Gasteiger partial charge in [-0.25, -0.2) is 0 Å². The van der Waals surface area contributed by atoms with Crippen molar-refractivity contribution in [3.63, 3.8) is 0 Å². The van der Waals surface area contributed by atoms with Gasteiger partial charge in [0.1, 0.15) is 11.5 Å². The van der Waals surface area contributed by atoms with Gasteiger partial charge in [-0.2, -0.15) is 0 Å². The molecule has 0 bridgehead atoms. The predicted octanol–water partition coefficient (Wildman–Crippen LogP) is 2.64. The number of methoxy groups -OCH3 is 2. The van der Waals surface area contributed by atoms with Crippen molar-refractivity contribution in [1.29, 1.82) is 0 Å². The van der Waals surface area contributed by atoms with Gasteiger partial charge < -0.3 is 14.2 Å². The van der Waals surface area contributed by atoms with Crippen molar-refractivity contribution in [2.75, 3.05) is 54.1 Å². The molecule has 1 atom stereocenters. The van der Waals surface area contributed by atoms with E-state index in [0.29, 0.717) is 11.5 Å². The normalized spacial score (nSPS) is 23.4. The molecule has 2 saturated heterocycles. The maximum Gasteiger partial charge on any atom is 0.122 e. The molecule has 1 aromatic rings. The van der Waals surface area contributed by atoms with E-state index in [1.165, 1.54) is 24.9 Å². The fourth-order valence-electron chi connectivity index (χ4n) is 4.32. The van der Waals surface area contributed by atoms with Gasteiger partial charge in [0.2, 0.25) is 0 Å². The van der Waals surface area contributed by atoms with Gasteiger partial charge in [0, 0.05) is 44.5 Å². The van der Waals surface area contributed by atoms with Crippen molar-refractivity contribution in [2.24, 2.45) is 5.92 Å². The van der Waals surface area contributed by atoms with E-state index in [2.05, 4.69) is 35.9 Å². The minimum absolute atomic E-state index is 0.336. The van der Waals surface area contributed by atoms with Gasteiger partial charge in [0.05, 0.1) is 14.2 Å². The fourth-order valence-corrected chi connectivity index (χ4v) is 4.32. The second-order valence-corrected chi connectivity index (χ2v) is 7.53. The van der Waals surface area contributed by atoms with Gasteiger partial charge in [-0.3, -0.25) is 9.80 Å². The first-order valence-electron chi connectivity index (χ1n) is 9.32. The smallest absolute Gasteiger partial charge is 0.122 e. The van der Waals surface area contributed by atoms with E-state index in [-0.39, 0.29) is 0 Å². The minimum atomic E-state index is 0.336. The molecule has 2 aliphatic heterocycles. The highest BCUT2D eigenvalue weighted by Gasteiger charge is 2.49. The van der Waals surface area contributed by atoms with Crippen LogP contribution in [0.25, 0.3) is 0 Å². The van der Waals surface area contributed by atoms with E-state index in [4.69, 9.17) is 14.2 Å². The van der Waals surface area contributed by atoms with Crippen LogP contribution in [0.4, 0.5) is 0 Å². The molecule has 1 spiro atoms. The third-order valence-electron chi connectivity index (χ3n) is 5.76. The second-order valence-electron chi connectivity index (χ2n) is 7.53. The molecule has 0 unspecified atom stereocenters. The molecule has 5 nitrogen and oxygen atoms in total. The van der Waals surface area contributed by atoms with Crippen molar-refractivity contribution < 1.29 is 14.2 Å². The lowest BCUT2D eigenvalue weighted by molar-refractivity contribution is -0.0922. The Kier molecular flexibility index (Phi) is 5.87. The van der Waals surface area contributed by atoms with Crippen LogP contribution in [0.5, 0.6) is 11.5 Å². The summed E-state index contributed by atoms with van der Waals surface area (Å²) in [5, 5.41) is 0. The lowest BCUT2D eigenvalue weighted by Gasteiger charge is -2.58. The number of likely N-dealkylation sites (N-methyl/N-ethyl adjacent to an activating group) is 1. The van der Waals surface area contributed by atoms with Crippen LogP contribution in [0.3, 0.4) is 0 Å². The highest BCUT2D eigenvalue weighted by atomic mass is 16.5. The molecule has 0 aliphatic carbocycles. The number of piperidine rings is 1. The molecule has 0 saturated carbocycles. The molecule has 25 heavy (non-hydrogen) atoms. The van der Waals surface area contributed by atoms with E-state index in [1.807, 2.05) is 6.07 Å². The van der Waals surface area contributed by atoms with Crippen LogP contribution in [-0.4, -0.2) is 69.5 Å². The zero-order chi connectivity index (χ0) is 17.9. The van der Waals surface area contributed by atoms with E-state index >= 15 is 0 Å². The second kappa shape index (κ2) is 7.94. The van der Waals surface area contributed by atoms with Crippen LogP contribution in [0.15, 0.2) is 18.2 Å². The largest absolute Gasteiger partial charge is 0.497 e. The van der Waals surface area contributed by atoms with Gasteiger partial charge in [0.25, 0.3) is 0 Å². The molecule has 2 aliphatic rings. The van der Waals surface area contributed by atoms with Crippen LogP contribution in [0, 0.1) is 5.92 Å². The van der Waals surface area contributed by atoms with Gasteiger partial charge in [0.15, 0.2) is 0 Å². The summed E-state index contributed by atoms with van der Waals surface area (Å²) >= 11 is 0. The van der Waals surface area contributed by atoms with Crippen molar-refractivity contribution in [2.45, 2.75) is 31.8 Å². The maximum absolute atomic E-state index is 5.68. The van der Waals surface area contributed by atoms with Crippen LogP contribution in [-0.2, 0) is 11.3 Å². The van der Waals surface area contributed by atoms with Crippen molar-refractivity contribution >= 4 is 0 Å². The summed E-state index contributed by atoms with van der Waals surface area (Å²) < 4.78 is 16.5. The summed E-state index contributed by atoms with van der Waals surface area (Å²) in [4.78, 5) is 5.09. The first-order valence-corrected chi connectivity index (χ1v) is 9.32. The zero-order valence-corrected chi connectivity index (χ0v) is 16.1. The van der Waals surface area contributed by atoms with Gasteiger partial charge >= 0.3 is 0 Å². The lowest BCUT2D eigenvalue weighted by atomic mass is 9.75. The molecular weight excluding hydrogens is 316 g/mol. The number of rotatable bonds is 7. The summed E-state index contributed by atoms with van der Waals surface area (Å²) in [6, 6.07) is 6.14. The van der Waals surface area contributed by atoms with Crippen LogP contribution in [0.1, 0.15) is 25.3 Å². The van der Waals surface area contributed by atoms with Crippen molar-refractivity contribution in [1.82, 2.24) is 9.80 Å². The molecule has 0 N–H and O–H groups in total. The van der Waals surface area contributed by atoms with E-state index < -0.39 is 0 Å². The number of ether oxygens (including phenoxy) is 3. The third kappa shape index (κ3) is 4.10. The van der Waals surface area contributed by atoms with Crippen LogP contribution >= 0.6 is 0 Å². The Morgan fingerprint density at radius 2 is 1.80 bits per heavy atom. The molecule has 0 aromatic heterocycles. The van der Waals surface area contributed by atoms with Crippen LogP contribution in [0.2, 0.25) is 0 Å². The summed E-state index contributed by atoms with van der Waals surface area (Å²) in [5.41, 5.74) is 1.58. The lowest BCUT2D eigenvalue weighted by Crippen LogP contribution is -2.71. The van der Waals surface area contributed by atoms with Gasteiger partial charge in [-0.15, -0.1) is 0 Å². The average Bonchev–Trinajstić information content (AvgIpc) is 2.60. The minimum Gasteiger partial charge on any atom is -0.497 e. The number of likely N-dealkylation sites (tertiary alicyclic amines) is 2. The van der Waals surface area contributed by atoms with Gasteiger partial charge in [-0.05, 0) is 57.0 Å². The highest BCUT2D eigenvalue weighted by Crippen LogP contribution is 2.39. The monoisotopic (exact) mass is 348 g/mol. The number of hydrogen-bond acceptors (Lipinski definition) is 5. The highest BCUT2D eigenvalue weighted by molar-refractivity contribution is 5.38. The summed E-state index contributed by atoms with van der Waals surface area (Å²) in [5.74, 6) is 2.42. The average molecular weight is 348 g/mol. The maximum atomic E-state index is 5.68. The third-order valence-corrected chi connectivity index (χ3v) is 5.76. The quantitative estimate of drug-likeness (QED) is 0.757. The van der Waals surface area contributed by atoms with Crippen molar-refractivity contribution in [3.05, 3.63) is 23.8 Å². The zero-order valence-electron chi connectivity index (χ0n) is 16.1. The summed E-state index contributed by atoms with van der Waals surface area (Å²) in [7, 11) is 5.68. The fraction of sp³-hybridized carbons (Fsp3) is 0.700. The van der Waals surface area contributed by atoms with Crippen molar-refractivity contribution in [3.8, 4) is 11.5 Å². The number of hydrogen-bond donors (Lipinski definition) is 0. The molecule has 2 fully saturated rings. The Labute approximate surface area is 151 Å². The molecule has 2 heterocycles. The van der Waals surface area contributed by atoms with Gasteiger partial charge in [-0.1, -0.05) is 0 Å². The Hall–Kier alpha value is -1.30. The number of benzene rings is 1. The molecule has 140 valence electrons. The SMILES string of the molecule is CCOC[C@@H]1CCN(C)C2(C1)CN(Cc1cc(OC)cc(OC)c1)C2. The Morgan fingerprint density at radius 3 is 2.40 bits per heavy atom. The summed E-state index contributed by atoms with van der Waals surface area (Å²) in [6.07, 6.45) is 2.51. The Morgan fingerprint density at radius 1 is 1.12 bits per heavy atom. The molecule has 3 rings (SSSR count). The van der Waals surface area contributed by atoms with Crippen LogP contribution < -0.4 is 9.47 Å². The molecule has 0 amide bonds. The molecule has 5 heteroatoms. The molecular formula is C20H32N2O3. The van der Waals surface area contributed by atoms with E-state index in [1.54, 1.807) is 14.2 Å². The first-order chi connectivity index (χ1) is 12.1. The molecule has 0 radical (unpaired) electrons. The predicted molar refractivity (Wildman–Crippen MR) is 99.4 cm³/mol. The Balaban J connectivity index is 1.59. The molecule has 1 aromatic carbocycles.